The first-order valence-electron chi connectivity index (χ1n) is 31.0. The molecule has 7 rings (SSSR count). The monoisotopic (exact) mass is 1340 g/mol. The van der Waals surface area contributed by atoms with Gasteiger partial charge in [0.25, 0.3) is 11.8 Å². The van der Waals surface area contributed by atoms with Gasteiger partial charge in [0.2, 0.25) is 76.5 Å². The van der Waals surface area contributed by atoms with E-state index in [-0.39, 0.29) is 35.7 Å². The molecular formula is C62H82N14O18S. The predicted molar refractivity (Wildman–Crippen MR) is 339 cm³/mol. The molecule has 4 aliphatic rings. The van der Waals surface area contributed by atoms with Gasteiger partial charge in [-0.25, -0.2) is 4.90 Å². The highest BCUT2D eigenvalue weighted by Gasteiger charge is 2.57. The fourth-order valence-corrected chi connectivity index (χ4v) is 12.3. The molecule has 5 heterocycles. The van der Waals surface area contributed by atoms with E-state index < -0.39 is 213 Å². The second kappa shape index (κ2) is 32.2. The number of benzene rings is 2. The number of carbonyl (C=O) groups is 14. The number of ketones is 1. The summed E-state index contributed by atoms with van der Waals surface area (Å²) in [6.07, 6.45) is -3.02. The quantitative estimate of drug-likeness (QED) is 0.0540. The summed E-state index contributed by atoms with van der Waals surface area (Å²) in [5.41, 5.74) is 4.67. The average molecular weight is 1340 g/mol. The molecule has 12 atom stereocenters. The Bertz CT molecular complexity index is 3490. The van der Waals surface area contributed by atoms with Crippen LogP contribution in [0.15, 0.2) is 59.6 Å². The van der Waals surface area contributed by atoms with Crippen LogP contribution in [-0.4, -0.2) is 218 Å². The first-order valence-corrected chi connectivity index (χ1v) is 32.0. The van der Waals surface area contributed by atoms with Crippen molar-refractivity contribution in [1.82, 2.24) is 62.6 Å². The topological polar surface area (TPSA) is 477 Å². The Morgan fingerprint density at radius 3 is 2.06 bits per heavy atom. The van der Waals surface area contributed by atoms with Crippen LogP contribution < -0.4 is 63.6 Å². The van der Waals surface area contributed by atoms with Crippen LogP contribution in [0.1, 0.15) is 78.4 Å². The molecule has 32 nitrogen and oxygen atoms in total. The number of aryl methyl sites for hydroxylation is 1. The van der Waals surface area contributed by atoms with Gasteiger partial charge in [0.05, 0.1) is 61.5 Å². The van der Waals surface area contributed by atoms with E-state index in [1.165, 1.54) is 49.1 Å². The third-order valence-corrected chi connectivity index (χ3v) is 18.1. The third-order valence-electron chi connectivity index (χ3n) is 16.9. The Kier molecular flexibility index (Phi) is 24.8. The molecule has 0 aliphatic carbocycles. The molecule has 1 aromatic heterocycles. The van der Waals surface area contributed by atoms with E-state index >= 15 is 9.59 Å². The van der Waals surface area contributed by atoms with E-state index in [2.05, 4.69) is 58.2 Å². The lowest BCUT2D eigenvalue weighted by atomic mass is 9.89. The summed E-state index contributed by atoms with van der Waals surface area (Å²) < 4.78 is 7.00. The van der Waals surface area contributed by atoms with Crippen LogP contribution in [-0.2, 0) is 73.5 Å². The van der Waals surface area contributed by atoms with Crippen molar-refractivity contribution in [2.24, 2.45) is 23.5 Å². The predicted octanol–water partition coefficient (Wildman–Crippen LogP) is -3.98. The Balaban J connectivity index is 1.30. The number of anilines is 1. The Morgan fingerprint density at radius 2 is 1.42 bits per heavy atom. The van der Waals surface area contributed by atoms with Gasteiger partial charge in [-0.05, 0) is 67.5 Å². The van der Waals surface area contributed by atoms with E-state index in [0.29, 0.717) is 27.9 Å². The van der Waals surface area contributed by atoms with E-state index in [1.807, 2.05) is 0 Å². The zero-order chi connectivity index (χ0) is 69.7. The van der Waals surface area contributed by atoms with Crippen molar-refractivity contribution < 1.29 is 87.2 Å². The molecule has 13 amide bonds. The van der Waals surface area contributed by atoms with Gasteiger partial charge in [-0.1, -0.05) is 53.2 Å². The molecule has 2 aromatic carbocycles. The number of nitrogens with one attached hydrogen (secondary N) is 11. The summed E-state index contributed by atoms with van der Waals surface area (Å²) in [4.78, 5) is 198. The minimum absolute atomic E-state index is 0.0453. The summed E-state index contributed by atoms with van der Waals surface area (Å²) in [6.45, 7) is 7.20. The minimum Gasteiger partial charge on any atom is -0.465 e. The largest absolute Gasteiger partial charge is 0.465 e. The number of aliphatic hydroxyl groups is 3. The Hall–Kier alpha value is -9.31. The Labute approximate surface area is 549 Å². The number of Topliss-reactive ketones (excluding diaryl/α,β-unsaturated/α-hetero) is 1. The van der Waals surface area contributed by atoms with Crippen LogP contribution in [0, 0.1) is 24.7 Å². The number of imide groups is 1. The van der Waals surface area contributed by atoms with Gasteiger partial charge >= 0.3 is 0 Å². The lowest BCUT2D eigenvalue weighted by Gasteiger charge is -2.45. The van der Waals surface area contributed by atoms with Gasteiger partial charge in [-0.3, -0.25) is 72.0 Å². The van der Waals surface area contributed by atoms with Crippen LogP contribution in [0.3, 0.4) is 0 Å². The van der Waals surface area contributed by atoms with Gasteiger partial charge in [-0.15, -0.1) is 11.8 Å². The number of amides is 13. The summed E-state index contributed by atoms with van der Waals surface area (Å²) in [5.74, 6) is -14.9. The van der Waals surface area contributed by atoms with E-state index in [0.717, 1.165) is 28.8 Å². The summed E-state index contributed by atoms with van der Waals surface area (Å²) in [7, 11) is 0. The van der Waals surface area contributed by atoms with E-state index in [1.54, 1.807) is 46.8 Å². The molecule has 514 valence electrons. The number of hydrogen-bond acceptors (Lipinski definition) is 20. The van der Waals surface area contributed by atoms with Crippen molar-refractivity contribution in [2.45, 2.75) is 146 Å². The first-order chi connectivity index (χ1) is 44.9. The molecule has 2 unspecified atom stereocenters. The average Bonchev–Trinajstić information content (AvgIpc) is 1.72. The molecule has 16 N–H and O–H groups in total. The fourth-order valence-electron chi connectivity index (χ4n) is 11.2. The van der Waals surface area contributed by atoms with Gasteiger partial charge in [0, 0.05) is 66.9 Å². The van der Waals surface area contributed by atoms with Crippen molar-refractivity contribution in [3.8, 4) is 5.75 Å². The van der Waals surface area contributed by atoms with Crippen LogP contribution in [0.25, 0.3) is 10.9 Å². The molecule has 95 heavy (non-hydrogen) atoms. The molecule has 0 spiro atoms. The lowest BCUT2D eigenvalue weighted by Crippen LogP contribution is -2.69. The maximum atomic E-state index is 16.4. The number of H-pyrrole nitrogens is 1. The molecule has 0 saturated carbocycles. The summed E-state index contributed by atoms with van der Waals surface area (Å²) in [6, 6.07) is -0.208. The SMILES string of the molecule is CC[C@H](C)[C@@H]1NC(=O)CNC(=O)CNC(=O)[C@H]([C@@H](C)[C@@H](O)CO)NC(=O)[C@@H]2C[C@@H](O)CN2C2(Cc3ccc(NC(=O)[C@H](C)NC(=O)[C@@H](NC(=O)CCN4C(=O)C=CC4=O)C(C)C)cc3)Oc3ccc4c(C)c([nH]c4c3)SC[C@H](NC(=O)CNC1=O)C(=O)NC(CC(N)=O)C2=O. The first kappa shape index (κ1) is 73.1. The molecular weight excluding hydrogens is 1260 g/mol. The fraction of sp³-hybridized carbons (Fsp3) is 0.516. The molecule has 3 aromatic rings. The zero-order valence-electron chi connectivity index (χ0n) is 53.5. The number of thioether (sulfide) groups is 1. The second-order valence-electron chi connectivity index (χ2n) is 24.3. The summed E-state index contributed by atoms with van der Waals surface area (Å²) >= 11 is 1.10. The number of rotatable bonds is 18. The number of fused-ring (bicyclic) bond motifs is 9. The van der Waals surface area contributed by atoms with Gasteiger partial charge < -0.3 is 83.9 Å². The summed E-state index contributed by atoms with van der Waals surface area (Å²) in [5, 5.41) is 59.3. The van der Waals surface area contributed by atoms with E-state index in [9.17, 15) is 72.9 Å². The molecule has 5 bridgehead atoms. The molecule has 33 heteroatoms. The third kappa shape index (κ3) is 18.3. The van der Waals surface area contributed by atoms with Crippen molar-refractivity contribution in [2.75, 3.05) is 50.4 Å². The number of nitrogens with zero attached hydrogens (tertiary/aromatic N) is 2. The van der Waals surface area contributed by atoms with Gasteiger partial charge in [0.15, 0.2) is 0 Å². The molecule has 2 fully saturated rings. The van der Waals surface area contributed by atoms with Gasteiger partial charge in [-0.2, -0.15) is 0 Å². The number of hydrogen-bond donors (Lipinski definition) is 15. The molecule has 2 saturated heterocycles. The molecule has 4 aliphatic heterocycles. The van der Waals surface area contributed by atoms with E-state index in [4.69, 9.17) is 10.5 Å². The standard InChI is InChI=1S/C62H82N14O18S/c1-8-30(4)52-58(91)66-25-47(83)69-41-28-95-61-31(5)38-14-13-37(20-39(38)71-61)94-62(54(87)40(21-44(63)80)70-56(41)89,76-26-36(78)19-42(76)57(90)74-53(32(6)43(79)27-77)59(92)65-23-46(82)64-24-48(84)73-52)22-34-9-11-35(12-10-34)68-55(88)33(7)67-60(93)51(29(2)3)72-45(81)17-18-75-49(85)15-16-50(75)86/h9-16,20,29-30,32-33,36,40-43,51-53,71,77-79H,8,17-19,21-28H2,1-7H3,(H2,63,80)(H,64,82)(H,65,92)(H,66,91)(H,67,93)(H,68,88)(H,69,83)(H,70,89)(H,72,81)(H,73,84)(H,74,90)/t30-,32-,33-,36+,40?,41-,42-,43-,51-,52-,53-,62?/m0/s1. The van der Waals surface area contributed by atoms with Crippen LogP contribution in [0.2, 0.25) is 0 Å². The van der Waals surface area contributed by atoms with Crippen molar-refractivity contribution >= 4 is 111 Å². The zero-order valence-corrected chi connectivity index (χ0v) is 54.3. The maximum Gasteiger partial charge on any atom is 0.253 e. The number of aromatic amines is 1. The smallest absolute Gasteiger partial charge is 0.253 e. The van der Waals surface area contributed by atoms with Crippen LogP contribution >= 0.6 is 11.8 Å². The highest BCUT2D eigenvalue weighted by Crippen LogP contribution is 2.39. The number of ether oxygens (including phenoxy) is 1. The normalized spacial score (nSPS) is 24.6. The number of aliphatic hydroxyl groups excluding tert-OH is 3. The highest BCUT2D eigenvalue weighted by atomic mass is 32.2. The lowest BCUT2D eigenvalue weighted by molar-refractivity contribution is -0.164. The number of primary amides is 1. The van der Waals surface area contributed by atoms with Gasteiger partial charge in [0.1, 0.15) is 42.0 Å². The number of nitrogens with two attached hydrogens (primary N) is 1. The van der Waals surface area contributed by atoms with Crippen LogP contribution in [0.4, 0.5) is 5.69 Å². The van der Waals surface area contributed by atoms with Crippen molar-refractivity contribution in [3.05, 3.63) is 65.7 Å². The minimum atomic E-state index is -2.66. The Morgan fingerprint density at radius 1 is 0.779 bits per heavy atom. The number of carbonyl (C=O) groups excluding carboxylic acids is 14. The van der Waals surface area contributed by atoms with Crippen molar-refractivity contribution in [3.63, 3.8) is 0 Å². The maximum absolute atomic E-state index is 16.4. The second-order valence-corrected chi connectivity index (χ2v) is 25.3. The van der Waals surface area contributed by atoms with Crippen LogP contribution in [0.5, 0.6) is 5.75 Å². The highest BCUT2D eigenvalue weighted by molar-refractivity contribution is 7.99. The number of aromatic nitrogens is 1. The van der Waals surface area contributed by atoms with Crippen molar-refractivity contribution in [1.29, 1.82) is 0 Å². The molecule has 0 radical (unpaired) electrons.